The third kappa shape index (κ3) is 8.15. The number of unbranched alkanes of at least 4 members (excludes halogenated alkanes) is 1. The molecular weight excluding hydrogens is 669 g/mol. The predicted octanol–water partition coefficient (Wildman–Crippen LogP) is 6.73. The Morgan fingerprint density at radius 2 is 1.02 bits per heavy atom. The first-order valence-electron chi connectivity index (χ1n) is 16.4. The average Bonchev–Trinajstić information content (AvgIpc) is 3.80. The van der Waals surface area contributed by atoms with Gasteiger partial charge in [-0.1, -0.05) is 24.3 Å². The molecule has 0 bridgehead atoms. The Hall–Kier alpha value is -5.20. The van der Waals surface area contributed by atoms with Crippen LogP contribution in [0.3, 0.4) is 0 Å². The minimum atomic E-state index is -0.116. The zero-order valence-electron chi connectivity index (χ0n) is 28.0. The number of hydrogen-bond acceptors (Lipinski definition) is 8. The lowest BCUT2D eigenvalue weighted by atomic mass is 9.98. The van der Waals surface area contributed by atoms with Gasteiger partial charge in [0.1, 0.15) is 23.0 Å². The number of benzene rings is 4. The molecule has 50 heavy (non-hydrogen) atoms. The van der Waals surface area contributed by atoms with E-state index in [1.54, 1.807) is 24.2 Å². The van der Waals surface area contributed by atoms with Crippen LogP contribution in [-0.4, -0.2) is 59.1 Å². The van der Waals surface area contributed by atoms with Crippen molar-refractivity contribution in [3.05, 3.63) is 119 Å². The molecule has 12 heteroatoms. The van der Waals surface area contributed by atoms with Crippen LogP contribution in [0.4, 0.5) is 0 Å². The van der Waals surface area contributed by atoms with Crippen molar-refractivity contribution in [1.29, 1.82) is 0 Å². The number of rotatable bonds is 13. The molecule has 4 aromatic rings. The monoisotopic (exact) mass is 708 g/mol. The summed E-state index contributed by atoms with van der Waals surface area (Å²) in [5.74, 6) is 3.15. The number of ether oxygens (including phenoxy) is 4. The Morgan fingerprint density at radius 1 is 0.620 bits per heavy atom. The maximum Gasteiger partial charge on any atom is 0.187 e. The first kappa shape index (κ1) is 34.7. The van der Waals surface area contributed by atoms with Crippen LogP contribution in [0.25, 0.3) is 0 Å². The number of methoxy groups -OCH3 is 2. The second-order valence-corrected chi connectivity index (χ2v) is 12.7. The molecule has 2 aliphatic rings. The fourth-order valence-corrected chi connectivity index (χ4v) is 6.41. The van der Waals surface area contributed by atoms with Crippen molar-refractivity contribution in [2.24, 2.45) is 21.7 Å². The number of thiocarbonyl (C=S) groups is 2. The quantitative estimate of drug-likeness (QED) is 0.114. The Balaban J connectivity index is 0.990. The molecule has 10 nitrogen and oxygen atoms in total. The number of nitrogens with zero attached hydrogens (tertiary/aromatic N) is 4. The highest BCUT2D eigenvalue weighted by Gasteiger charge is 2.32. The molecule has 2 atom stereocenters. The molecule has 2 heterocycles. The third-order valence-electron chi connectivity index (χ3n) is 8.68. The van der Waals surface area contributed by atoms with Crippen LogP contribution in [0.2, 0.25) is 0 Å². The van der Waals surface area contributed by atoms with Gasteiger partial charge in [0.15, 0.2) is 10.2 Å². The van der Waals surface area contributed by atoms with Gasteiger partial charge in [-0.15, -0.1) is 0 Å². The lowest BCUT2D eigenvalue weighted by molar-refractivity contribution is 0.265. The molecule has 0 radical (unpaired) electrons. The van der Waals surface area contributed by atoms with Crippen molar-refractivity contribution in [1.82, 2.24) is 10.0 Å². The van der Waals surface area contributed by atoms with Gasteiger partial charge in [-0.3, -0.25) is 0 Å². The van der Waals surface area contributed by atoms with Crippen LogP contribution in [0.5, 0.6) is 23.0 Å². The van der Waals surface area contributed by atoms with Crippen LogP contribution in [0, 0.1) is 0 Å². The van der Waals surface area contributed by atoms with Gasteiger partial charge in [0.25, 0.3) is 0 Å². The Bertz CT molecular complexity index is 1750. The number of hydrazone groups is 2. The van der Waals surface area contributed by atoms with Crippen LogP contribution < -0.4 is 30.4 Å². The average molecular weight is 709 g/mol. The third-order valence-corrected chi connectivity index (χ3v) is 9.05. The zero-order valence-corrected chi connectivity index (χ0v) is 29.7. The standard InChI is InChI=1S/C38H40N6O4S2/c1-45-29-15-11-25(12-16-29)33-23-35(43(41-33)37(39)49)27-7-5-9-31(21-27)47-19-3-4-20-48-32-10-6-8-28(22-32)36-24-34(42-44(36)38(40)50)26-13-17-30(46-2)18-14-26/h5-18,21-22,35-36H,3-4,19-20,23-24H2,1-2H3,(H2,39,49)(H2,40,50). The van der Waals surface area contributed by atoms with Crippen LogP contribution in [0.15, 0.2) is 107 Å². The van der Waals surface area contributed by atoms with Crippen molar-refractivity contribution in [2.75, 3.05) is 27.4 Å². The molecule has 4 N–H and O–H groups in total. The smallest absolute Gasteiger partial charge is 0.187 e. The van der Waals surface area contributed by atoms with Gasteiger partial charge in [-0.05, 0) is 132 Å². The van der Waals surface area contributed by atoms with Crippen molar-refractivity contribution in [2.45, 2.75) is 37.8 Å². The second-order valence-electron chi connectivity index (χ2n) is 11.9. The molecule has 0 aliphatic carbocycles. The molecular formula is C38H40N6O4S2. The predicted molar refractivity (Wildman–Crippen MR) is 204 cm³/mol. The topological polar surface area (TPSA) is 120 Å². The van der Waals surface area contributed by atoms with Gasteiger partial charge < -0.3 is 30.4 Å². The maximum atomic E-state index is 6.13. The Kier molecular flexibility index (Phi) is 11.1. The first-order chi connectivity index (χ1) is 24.3. The lowest BCUT2D eigenvalue weighted by Gasteiger charge is -2.22. The largest absolute Gasteiger partial charge is 0.497 e. The van der Waals surface area contributed by atoms with Crippen molar-refractivity contribution in [3.63, 3.8) is 0 Å². The summed E-state index contributed by atoms with van der Waals surface area (Å²) < 4.78 is 22.9. The molecule has 0 saturated carbocycles. The minimum absolute atomic E-state index is 0.116. The number of nitrogens with two attached hydrogens (primary N) is 2. The van der Waals surface area contributed by atoms with E-state index >= 15 is 0 Å². The van der Waals surface area contributed by atoms with Gasteiger partial charge in [0, 0.05) is 12.8 Å². The molecule has 258 valence electrons. The molecule has 0 amide bonds. The highest BCUT2D eigenvalue weighted by Crippen LogP contribution is 2.36. The van der Waals surface area contributed by atoms with Crippen molar-refractivity contribution < 1.29 is 18.9 Å². The lowest BCUT2D eigenvalue weighted by Crippen LogP contribution is -2.31. The molecule has 0 fully saturated rings. The van der Waals surface area contributed by atoms with Crippen LogP contribution >= 0.6 is 24.4 Å². The molecule has 2 unspecified atom stereocenters. The van der Waals surface area contributed by atoms with Crippen LogP contribution in [-0.2, 0) is 0 Å². The van der Waals surface area contributed by atoms with Crippen LogP contribution in [0.1, 0.15) is 60.0 Å². The van der Waals surface area contributed by atoms with E-state index in [0.29, 0.717) is 26.1 Å². The molecule has 2 aliphatic heterocycles. The van der Waals surface area contributed by atoms with E-state index in [1.165, 1.54) is 0 Å². The normalized spacial score (nSPS) is 16.8. The van der Waals surface area contributed by atoms with Crippen molar-refractivity contribution >= 4 is 46.1 Å². The van der Waals surface area contributed by atoms with Gasteiger partial charge in [-0.2, -0.15) is 10.2 Å². The highest BCUT2D eigenvalue weighted by molar-refractivity contribution is 7.80. The summed E-state index contributed by atoms with van der Waals surface area (Å²) in [6.45, 7) is 1.11. The first-order valence-corrected chi connectivity index (χ1v) is 17.2. The summed E-state index contributed by atoms with van der Waals surface area (Å²) >= 11 is 10.7. The minimum Gasteiger partial charge on any atom is -0.497 e. The van der Waals surface area contributed by atoms with E-state index in [9.17, 15) is 0 Å². The van der Waals surface area contributed by atoms with E-state index in [1.807, 2.05) is 84.9 Å². The number of hydrogen-bond donors (Lipinski definition) is 2. The van der Waals surface area contributed by atoms with Gasteiger partial charge >= 0.3 is 0 Å². The van der Waals surface area contributed by atoms with E-state index in [2.05, 4.69) is 12.1 Å². The Labute approximate surface area is 303 Å². The molecule has 0 spiro atoms. The molecule has 6 rings (SSSR count). The fourth-order valence-electron chi connectivity index (χ4n) is 6.07. The second kappa shape index (κ2) is 16.0. The molecule has 0 aromatic heterocycles. The van der Waals surface area contributed by atoms with Gasteiger partial charge in [0.05, 0.1) is 50.9 Å². The summed E-state index contributed by atoms with van der Waals surface area (Å²) in [4.78, 5) is 0. The van der Waals surface area contributed by atoms with Gasteiger partial charge in [0.2, 0.25) is 0 Å². The fraction of sp³-hybridized carbons (Fsp3) is 0.263. The molecule has 4 aromatic carbocycles. The van der Waals surface area contributed by atoms with Crippen molar-refractivity contribution in [3.8, 4) is 23.0 Å². The summed E-state index contributed by atoms with van der Waals surface area (Å²) in [5.41, 5.74) is 18.1. The Morgan fingerprint density at radius 3 is 1.38 bits per heavy atom. The van der Waals surface area contributed by atoms with Gasteiger partial charge in [-0.25, -0.2) is 10.0 Å². The SMILES string of the molecule is COc1ccc(C2=NN(C(N)=S)C(c3cccc(OCCCCOc4cccc(C5CC(c6ccc(OC)cc6)=NN5C(N)=S)c4)c3)C2)cc1. The summed E-state index contributed by atoms with van der Waals surface area (Å²) in [6, 6.07) is 31.5. The zero-order chi connectivity index (χ0) is 35.0. The van der Waals surface area contributed by atoms with E-state index in [0.717, 1.165) is 69.5 Å². The van der Waals surface area contributed by atoms with E-state index < -0.39 is 0 Å². The van der Waals surface area contributed by atoms with E-state index in [4.69, 9.17) is 65.1 Å². The maximum absolute atomic E-state index is 6.13. The summed E-state index contributed by atoms with van der Waals surface area (Å²) in [6.07, 6.45) is 2.99. The highest BCUT2D eigenvalue weighted by atomic mass is 32.1. The summed E-state index contributed by atoms with van der Waals surface area (Å²) in [7, 11) is 3.30. The summed E-state index contributed by atoms with van der Waals surface area (Å²) in [5, 5.41) is 13.4. The molecule has 0 saturated heterocycles. The van der Waals surface area contributed by atoms with E-state index in [-0.39, 0.29) is 22.3 Å².